The average molecular weight is 236 g/mol. The Kier molecular flexibility index (Phi) is 5.53. The molecule has 1 aromatic rings. The van der Waals surface area contributed by atoms with Crippen molar-refractivity contribution >= 4 is 6.29 Å². The second-order valence-electron chi connectivity index (χ2n) is 4.02. The van der Waals surface area contributed by atoms with Crippen LogP contribution in [0.2, 0.25) is 0 Å². The maximum absolute atomic E-state index is 10.7. The van der Waals surface area contributed by atoms with Gasteiger partial charge in [-0.05, 0) is 18.1 Å². The lowest BCUT2D eigenvalue weighted by Crippen LogP contribution is -2.10. The van der Waals surface area contributed by atoms with E-state index in [1.165, 1.54) is 0 Å². The molecule has 0 aromatic heterocycles. The second kappa shape index (κ2) is 6.94. The molecule has 0 bridgehead atoms. The van der Waals surface area contributed by atoms with Crippen LogP contribution >= 0.6 is 0 Å². The van der Waals surface area contributed by atoms with E-state index in [2.05, 4.69) is 13.8 Å². The molecule has 94 valence electrons. The van der Waals surface area contributed by atoms with Crippen molar-refractivity contribution in [3.63, 3.8) is 0 Å². The number of benzene rings is 1. The van der Waals surface area contributed by atoms with Crippen LogP contribution in [0.15, 0.2) is 18.2 Å². The van der Waals surface area contributed by atoms with Crippen LogP contribution < -0.4 is 9.47 Å². The van der Waals surface area contributed by atoms with Crippen molar-refractivity contribution in [2.24, 2.45) is 5.92 Å². The van der Waals surface area contributed by atoms with Crippen LogP contribution in [0.1, 0.15) is 37.0 Å². The van der Waals surface area contributed by atoms with E-state index in [9.17, 15) is 4.79 Å². The quantitative estimate of drug-likeness (QED) is 0.681. The highest BCUT2D eigenvalue weighted by molar-refractivity contribution is 5.79. The minimum atomic E-state index is 0.544. The van der Waals surface area contributed by atoms with Crippen LogP contribution in [0.5, 0.6) is 11.5 Å². The molecule has 1 rings (SSSR count). The summed E-state index contributed by atoms with van der Waals surface area (Å²) in [7, 11) is 1.55. The molecular formula is C14H20O3. The zero-order valence-corrected chi connectivity index (χ0v) is 10.7. The lowest BCUT2D eigenvalue weighted by Gasteiger charge is -2.14. The Bertz CT molecular complexity index is 356. The fourth-order valence-electron chi connectivity index (χ4n) is 1.62. The van der Waals surface area contributed by atoms with Gasteiger partial charge in [-0.2, -0.15) is 0 Å². The number of methoxy groups -OCH3 is 1. The van der Waals surface area contributed by atoms with E-state index in [1.807, 2.05) is 0 Å². The van der Waals surface area contributed by atoms with Gasteiger partial charge in [-0.3, -0.25) is 4.79 Å². The van der Waals surface area contributed by atoms with E-state index < -0.39 is 0 Å². The van der Waals surface area contributed by atoms with Crippen molar-refractivity contribution < 1.29 is 14.3 Å². The molecule has 0 heterocycles. The van der Waals surface area contributed by atoms with Crippen molar-refractivity contribution in [3.05, 3.63) is 23.8 Å². The van der Waals surface area contributed by atoms with Gasteiger partial charge in [0.15, 0.2) is 6.29 Å². The first-order chi connectivity index (χ1) is 8.24. The normalized spacial score (nSPS) is 10.4. The Morgan fingerprint density at radius 3 is 2.53 bits per heavy atom. The van der Waals surface area contributed by atoms with E-state index in [-0.39, 0.29) is 0 Å². The third-order valence-corrected chi connectivity index (χ3v) is 2.97. The van der Waals surface area contributed by atoms with Crippen LogP contribution in [0, 0.1) is 5.92 Å². The van der Waals surface area contributed by atoms with E-state index in [1.54, 1.807) is 25.3 Å². The molecular weight excluding hydrogens is 216 g/mol. The highest BCUT2D eigenvalue weighted by Crippen LogP contribution is 2.24. The molecule has 0 saturated heterocycles. The maximum atomic E-state index is 10.7. The van der Waals surface area contributed by atoms with Crippen LogP contribution in [0.25, 0.3) is 0 Å². The molecule has 3 heteroatoms. The molecule has 0 N–H and O–H groups in total. The zero-order valence-electron chi connectivity index (χ0n) is 10.7. The van der Waals surface area contributed by atoms with Crippen molar-refractivity contribution in [1.29, 1.82) is 0 Å². The SMILES string of the molecule is CCC(CC)COc1ccc(C=O)c(OC)c1. The maximum Gasteiger partial charge on any atom is 0.153 e. The summed E-state index contributed by atoms with van der Waals surface area (Å²) in [5.41, 5.74) is 0.544. The van der Waals surface area contributed by atoms with Gasteiger partial charge >= 0.3 is 0 Å². The summed E-state index contributed by atoms with van der Waals surface area (Å²) in [5, 5.41) is 0. The molecule has 17 heavy (non-hydrogen) atoms. The number of carbonyl (C=O) groups is 1. The predicted molar refractivity (Wildman–Crippen MR) is 67.9 cm³/mol. The first-order valence-corrected chi connectivity index (χ1v) is 6.01. The molecule has 0 aliphatic heterocycles. The minimum absolute atomic E-state index is 0.544. The summed E-state index contributed by atoms with van der Waals surface area (Å²) in [6.45, 7) is 5.03. The highest BCUT2D eigenvalue weighted by Gasteiger charge is 2.07. The predicted octanol–water partition coefficient (Wildman–Crippen LogP) is 3.32. The molecule has 0 atom stereocenters. The number of ether oxygens (including phenoxy) is 2. The van der Waals surface area contributed by atoms with Gasteiger partial charge in [0.2, 0.25) is 0 Å². The van der Waals surface area contributed by atoms with E-state index >= 15 is 0 Å². The number of hydrogen-bond donors (Lipinski definition) is 0. The molecule has 0 unspecified atom stereocenters. The number of hydrogen-bond acceptors (Lipinski definition) is 3. The van der Waals surface area contributed by atoms with Crippen LogP contribution in [-0.2, 0) is 0 Å². The fourth-order valence-corrected chi connectivity index (χ4v) is 1.62. The Labute approximate surface area is 103 Å². The van der Waals surface area contributed by atoms with E-state index in [0.29, 0.717) is 23.8 Å². The third-order valence-electron chi connectivity index (χ3n) is 2.97. The lowest BCUT2D eigenvalue weighted by molar-refractivity contribution is 0.112. The first-order valence-electron chi connectivity index (χ1n) is 6.01. The molecule has 0 fully saturated rings. The van der Waals surface area contributed by atoms with Crippen molar-refractivity contribution in [1.82, 2.24) is 0 Å². The average Bonchev–Trinajstić information content (AvgIpc) is 2.39. The monoisotopic (exact) mass is 236 g/mol. The Balaban J connectivity index is 2.69. The van der Waals surface area contributed by atoms with Gasteiger partial charge in [0.1, 0.15) is 11.5 Å². The summed E-state index contributed by atoms with van der Waals surface area (Å²) in [6.07, 6.45) is 3.00. The molecule has 0 radical (unpaired) electrons. The van der Waals surface area contributed by atoms with Crippen molar-refractivity contribution in [2.45, 2.75) is 26.7 Å². The second-order valence-corrected chi connectivity index (χ2v) is 4.02. The zero-order chi connectivity index (χ0) is 12.7. The molecule has 3 nitrogen and oxygen atoms in total. The minimum Gasteiger partial charge on any atom is -0.496 e. The van der Waals surface area contributed by atoms with Gasteiger partial charge in [0.25, 0.3) is 0 Å². The first kappa shape index (κ1) is 13.6. The van der Waals surface area contributed by atoms with Gasteiger partial charge in [-0.15, -0.1) is 0 Å². The summed E-state index contributed by atoms with van der Waals surface area (Å²) in [4.78, 5) is 10.7. The number of aldehydes is 1. The van der Waals surface area contributed by atoms with Gasteiger partial charge < -0.3 is 9.47 Å². The van der Waals surface area contributed by atoms with E-state index in [0.717, 1.165) is 24.9 Å². The van der Waals surface area contributed by atoms with Crippen molar-refractivity contribution in [3.8, 4) is 11.5 Å². The number of rotatable bonds is 7. The summed E-state index contributed by atoms with van der Waals surface area (Å²) < 4.78 is 10.8. The standard InChI is InChI=1S/C14H20O3/c1-4-11(5-2)10-17-13-7-6-12(9-15)14(8-13)16-3/h6-9,11H,4-5,10H2,1-3H3. The van der Waals surface area contributed by atoms with Gasteiger partial charge in [0.05, 0.1) is 19.3 Å². The number of carbonyl (C=O) groups excluding carboxylic acids is 1. The summed E-state index contributed by atoms with van der Waals surface area (Å²) in [6, 6.07) is 5.27. The molecule has 0 amide bonds. The molecule has 0 aliphatic carbocycles. The van der Waals surface area contributed by atoms with E-state index in [4.69, 9.17) is 9.47 Å². The fraction of sp³-hybridized carbons (Fsp3) is 0.500. The van der Waals surface area contributed by atoms with Crippen molar-refractivity contribution in [2.75, 3.05) is 13.7 Å². The van der Waals surface area contributed by atoms with Crippen LogP contribution in [0.3, 0.4) is 0 Å². The molecule has 0 spiro atoms. The lowest BCUT2D eigenvalue weighted by atomic mass is 10.1. The summed E-state index contributed by atoms with van der Waals surface area (Å²) >= 11 is 0. The molecule has 0 aliphatic rings. The third kappa shape index (κ3) is 3.77. The molecule has 0 saturated carbocycles. The summed E-state index contributed by atoms with van der Waals surface area (Å²) in [5.74, 6) is 1.88. The highest BCUT2D eigenvalue weighted by atomic mass is 16.5. The smallest absolute Gasteiger partial charge is 0.153 e. The van der Waals surface area contributed by atoms with Gasteiger partial charge in [0, 0.05) is 6.07 Å². The van der Waals surface area contributed by atoms with Crippen LogP contribution in [0.4, 0.5) is 0 Å². The Morgan fingerprint density at radius 1 is 1.29 bits per heavy atom. The largest absolute Gasteiger partial charge is 0.496 e. The van der Waals surface area contributed by atoms with Crippen LogP contribution in [-0.4, -0.2) is 20.0 Å². The van der Waals surface area contributed by atoms with Gasteiger partial charge in [-0.25, -0.2) is 0 Å². The molecule has 1 aromatic carbocycles. The topological polar surface area (TPSA) is 35.5 Å². The van der Waals surface area contributed by atoms with Gasteiger partial charge in [-0.1, -0.05) is 26.7 Å². The Hall–Kier alpha value is -1.51. The Morgan fingerprint density at radius 2 is 2.00 bits per heavy atom.